The molecule has 1 aromatic heterocycles. The number of nitrogens with zero attached hydrogens (tertiary/aromatic N) is 2. The minimum absolute atomic E-state index is 0.103. The van der Waals surface area contributed by atoms with Crippen LogP contribution < -0.4 is 5.73 Å². The van der Waals surface area contributed by atoms with Gasteiger partial charge in [-0.25, -0.2) is 0 Å². The average Bonchev–Trinajstić information content (AvgIpc) is 2.32. The van der Waals surface area contributed by atoms with Crippen LogP contribution in [0.5, 0.6) is 0 Å². The summed E-state index contributed by atoms with van der Waals surface area (Å²) in [5.74, 6) is 2.39. The van der Waals surface area contributed by atoms with Crippen molar-refractivity contribution in [2.75, 3.05) is 11.5 Å². The topological polar surface area (TPSA) is 43.8 Å². The van der Waals surface area contributed by atoms with Crippen molar-refractivity contribution >= 4 is 11.8 Å². The molecule has 1 unspecified atom stereocenters. The van der Waals surface area contributed by atoms with E-state index >= 15 is 0 Å². The van der Waals surface area contributed by atoms with Gasteiger partial charge in [0.15, 0.2) is 0 Å². The van der Waals surface area contributed by atoms with E-state index in [0.717, 1.165) is 5.56 Å². The third kappa shape index (κ3) is 1.36. The van der Waals surface area contributed by atoms with E-state index in [1.807, 2.05) is 29.6 Å². The molecule has 3 nitrogen and oxygen atoms in total. The van der Waals surface area contributed by atoms with Crippen LogP contribution in [0.2, 0.25) is 0 Å². The molecule has 0 radical (unpaired) electrons. The second-order valence-corrected chi connectivity index (χ2v) is 4.31. The highest BCUT2D eigenvalue weighted by molar-refractivity contribution is 8.00. The van der Waals surface area contributed by atoms with E-state index in [0.29, 0.717) is 6.04 Å². The molecule has 2 rings (SSSR count). The van der Waals surface area contributed by atoms with Crippen molar-refractivity contribution in [2.24, 2.45) is 5.73 Å². The fourth-order valence-electron chi connectivity index (χ4n) is 1.16. The molecule has 0 amide bonds. The summed E-state index contributed by atoms with van der Waals surface area (Å²) >= 11 is 1.97. The molecule has 0 aliphatic carbocycles. The van der Waals surface area contributed by atoms with Crippen molar-refractivity contribution < 1.29 is 0 Å². The van der Waals surface area contributed by atoms with E-state index in [2.05, 4.69) is 11.3 Å². The van der Waals surface area contributed by atoms with Crippen LogP contribution in [0, 0.1) is 0 Å². The first-order valence-electron chi connectivity index (χ1n) is 4.15. The Balaban J connectivity index is 2.12. The molecule has 0 spiro atoms. The molecule has 4 heteroatoms. The molecule has 2 N–H and O–H groups in total. The summed E-state index contributed by atoms with van der Waals surface area (Å²) in [7, 11) is 0. The van der Waals surface area contributed by atoms with E-state index in [1.54, 1.807) is 0 Å². The van der Waals surface area contributed by atoms with Gasteiger partial charge in [0, 0.05) is 29.3 Å². The van der Waals surface area contributed by atoms with Gasteiger partial charge in [0.2, 0.25) is 0 Å². The van der Waals surface area contributed by atoms with Gasteiger partial charge in [-0.1, -0.05) is 0 Å². The summed E-state index contributed by atoms with van der Waals surface area (Å²) in [6, 6.07) is 0.717. The van der Waals surface area contributed by atoms with Crippen LogP contribution in [0.4, 0.5) is 0 Å². The van der Waals surface area contributed by atoms with Gasteiger partial charge in [-0.3, -0.25) is 4.68 Å². The first-order valence-corrected chi connectivity index (χ1v) is 5.30. The lowest BCUT2D eigenvalue weighted by atomic mass is 10.2. The number of aromatic nitrogens is 2. The van der Waals surface area contributed by atoms with E-state index in [4.69, 9.17) is 5.73 Å². The van der Waals surface area contributed by atoms with Crippen molar-refractivity contribution in [1.29, 1.82) is 0 Å². The quantitative estimate of drug-likeness (QED) is 0.749. The molecule has 1 aliphatic rings. The SMILES string of the molecule is CC(N)c1cnn(C2CSC2)c1. The van der Waals surface area contributed by atoms with Crippen molar-refractivity contribution in [1.82, 2.24) is 9.78 Å². The molecule has 2 heterocycles. The van der Waals surface area contributed by atoms with Crippen molar-refractivity contribution in [3.05, 3.63) is 18.0 Å². The highest BCUT2D eigenvalue weighted by atomic mass is 32.2. The molecular weight excluding hydrogens is 170 g/mol. The lowest BCUT2D eigenvalue weighted by Crippen LogP contribution is -2.23. The van der Waals surface area contributed by atoms with E-state index in [9.17, 15) is 0 Å². The Bertz CT molecular complexity index is 265. The van der Waals surface area contributed by atoms with Gasteiger partial charge in [0.25, 0.3) is 0 Å². The summed E-state index contributed by atoms with van der Waals surface area (Å²) < 4.78 is 2.04. The second kappa shape index (κ2) is 3.11. The van der Waals surface area contributed by atoms with Gasteiger partial charge in [-0.05, 0) is 6.92 Å². The molecular formula is C8H13N3S. The maximum Gasteiger partial charge on any atom is 0.0699 e. The van der Waals surface area contributed by atoms with Gasteiger partial charge in [-0.15, -0.1) is 0 Å². The maximum absolute atomic E-state index is 5.73. The number of hydrogen-bond acceptors (Lipinski definition) is 3. The van der Waals surface area contributed by atoms with Gasteiger partial charge in [-0.2, -0.15) is 16.9 Å². The van der Waals surface area contributed by atoms with Gasteiger partial charge >= 0.3 is 0 Å². The molecule has 1 aliphatic heterocycles. The van der Waals surface area contributed by atoms with Crippen LogP contribution in [0.25, 0.3) is 0 Å². The number of rotatable bonds is 2. The smallest absolute Gasteiger partial charge is 0.0699 e. The van der Waals surface area contributed by atoms with Crippen LogP contribution in [0.3, 0.4) is 0 Å². The third-order valence-electron chi connectivity index (χ3n) is 2.14. The summed E-state index contributed by atoms with van der Waals surface area (Å²) in [5, 5.41) is 4.28. The minimum Gasteiger partial charge on any atom is -0.324 e. The molecule has 0 bridgehead atoms. The molecule has 1 saturated heterocycles. The lowest BCUT2D eigenvalue weighted by molar-refractivity contribution is 0.526. The Labute approximate surface area is 76.3 Å². The van der Waals surface area contributed by atoms with Crippen molar-refractivity contribution in [2.45, 2.75) is 19.0 Å². The first kappa shape index (κ1) is 8.13. The zero-order valence-electron chi connectivity index (χ0n) is 7.10. The van der Waals surface area contributed by atoms with Crippen LogP contribution in [0.15, 0.2) is 12.4 Å². The highest BCUT2D eigenvalue weighted by Gasteiger charge is 2.20. The fraction of sp³-hybridized carbons (Fsp3) is 0.625. The first-order chi connectivity index (χ1) is 5.77. The summed E-state index contributed by atoms with van der Waals surface area (Å²) in [6.45, 7) is 1.98. The lowest BCUT2D eigenvalue weighted by Gasteiger charge is -2.24. The molecule has 66 valence electrons. The normalized spacial score (nSPS) is 20.5. The van der Waals surface area contributed by atoms with Crippen LogP contribution in [0.1, 0.15) is 24.6 Å². The summed E-state index contributed by atoms with van der Waals surface area (Å²) in [5.41, 5.74) is 6.86. The van der Waals surface area contributed by atoms with Crippen molar-refractivity contribution in [3.8, 4) is 0 Å². The van der Waals surface area contributed by atoms with Gasteiger partial charge in [0.1, 0.15) is 0 Å². The van der Waals surface area contributed by atoms with Crippen LogP contribution >= 0.6 is 11.8 Å². The molecule has 0 aromatic carbocycles. The third-order valence-corrected chi connectivity index (χ3v) is 3.38. The Morgan fingerprint density at radius 1 is 1.75 bits per heavy atom. The fourth-order valence-corrected chi connectivity index (χ4v) is 1.92. The predicted octanol–water partition coefficient (Wildman–Crippen LogP) is 1.19. The molecule has 1 aromatic rings. The van der Waals surface area contributed by atoms with Crippen LogP contribution in [-0.4, -0.2) is 21.3 Å². The average molecular weight is 183 g/mol. The number of thioether (sulfide) groups is 1. The Morgan fingerprint density at radius 3 is 2.92 bits per heavy atom. The Hall–Kier alpha value is -0.480. The van der Waals surface area contributed by atoms with E-state index in [1.165, 1.54) is 11.5 Å². The predicted molar refractivity (Wildman–Crippen MR) is 51.2 cm³/mol. The summed E-state index contributed by atoms with van der Waals surface area (Å²) in [6.07, 6.45) is 3.93. The van der Waals surface area contributed by atoms with Gasteiger partial charge in [0.05, 0.1) is 12.2 Å². The zero-order chi connectivity index (χ0) is 8.55. The number of nitrogens with two attached hydrogens (primary N) is 1. The second-order valence-electron chi connectivity index (χ2n) is 3.23. The van der Waals surface area contributed by atoms with Crippen LogP contribution in [-0.2, 0) is 0 Å². The molecule has 0 saturated carbocycles. The molecule has 12 heavy (non-hydrogen) atoms. The van der Waals surface area contributed by atoms with Crippen molar-refractivity contribution in [3.63, 3.8) is 0 Å². The van der Waals surface area contributed by atoms with E-state index in [-0.39, 0.29) is 6.04 Å². The number of hydrogen-bond donors (Lipinski definition) is 1. The standard InChI is InChI=1S/C8H13N3S/c1-6(9)7-2-10-11(3-7)8-4-12-5-8/h2-3,6,8H,4-5,9H2,1H3. The maximum atomic E-state index is 5.73. The summed E-state index contributed by atoms with van der Waals surface area (Å²) in [4.78, 5) is 0. The molecule has 1 atom stereocenters. The molecule has 1 fully saturated rings. The zero-order valence-corrected chi connectivity index (χ0v) is 7.92. The monoisotopic (exact) mass is 183 g/mol. The minimum atomic E-state index is 0.103. The van der Waals surface area contributed by atoms with Gasteiger partial charge < -0.3 is 5.73 Å². The highest BCUT2D eigenvalue weighted by Crippen LogP contribution is 2.28. The van der Waals surface area contributed by atoms with E-state index < -0.39 is 0 Å². The largest absolute Gasteiger partial charge is 0.324 e. The Morgan fingerprint density at radius 2 is 2.50 bits per heavy atom. The Kier molecular flexibility index (Phi) is 2.11.